The fourth-order valence-corrected chi connectivity index (χ4v) is 10.9. The first-order valence-electron chi connectivity index (χ1n) is 12.9. The lowest BCUT2D eigenvalue weighted by molar-refractivity contribution is 0.0736. The van der Waals surface area contributed by atoms with Crippen LogP contribution in [0.2, 0.25) is 0 Å². The average Bonchev–Trinajstić information content (AvgIpc) is 2.96. The molecule has 1 aliphatic heterocycles. The first-order chi connectivity index (χ1) is 18.1. The zero-order valence-electron chi connectivity index (χ0n) is 20.6. The summed E-state index contributed by atoms with van der Waals surface area (Å²) in [5.41, 5.74) is 3.08. The maximum absolute atomic E-state index is 14.0. The molecule has 37 heavy (non-hydrogen) atoms. The number of rotatable bonds is 2. The number of fused-ring (bicyclic) bond motifs is 5. The zero-order chi connectivity index (χ0) is 25.1. The van der Waals surface area contributed by atoms with E-state index in [0.29, 0.717) is 17.5 Å². The van der Waals surface area contributed by atoms with Crippen LogP contribution in [-0.4, -0.2) is 19.9 Å². The molecular formula is C33H26O3Si. The van der Waals surface area contributed by atoms with E-state index in [1.807, 2.05) is 30.3 Å². The largest absolute Gasteiger partial charge is 0.533 e. The number of allylic oxidation sites excluding steroid dienone is 2. The molecule has 3 aliphatic rings. The number of ketones is 2. The lowest BCUT2D eigenvalue weighted by atomic mass is 9.63. The number of Topliss-reactive ketones (excluding diaryl/α,β-unsaturated/α-hetero) is 2. The standard InChI is InChI=1S/C33H26O3Si/c1-21-20-27-29(32(35)25-17-9-8-16-24(25)31(27)34)30-26-18-10-11-19-28(26)37(36-33(21)30,22-12-4-2-5-13-22)23-14-6-3-7-15-23/h2-19,21,27,29H,20H2,1H3/t21-,27+,29+/m1/s1. The fraction of sp³-hybridized carbons (Fsp3) is 0.152. The second kappa shape index (κ2) is 8.25. The number of carbonyl (C=O) groups excluding carboxylic acids is 2. The Morgan fingerprint density at radius 2 is 1.16 bits per heavy atom. The van der Waals surface area contributed by atoms with E-state index in [1.54, 1.807) is 12.1 Å². The lowest BCUT2D eigenvalue weighted by Gasteiger charge is -2.47. The van der Waals surface area contributed by atoms with Crippen LogP contribution >= 0.6 is 0 Å². The van der Waals surface area contributed by atoms with Crippen molar-refractivity contribution in [2.24, 2.45) is 17.8 Å². The van der Waals surface area contributed by atoms with Crippen molar-refractivity contribution in [3.63, 3.8) is 0 Å². The highest BCUT2D eigenvalue weighted by molar-refractivity contribution is 7.07. The summed E-state index contributed by atoms with van der Waals surface area (Å²) in [6.45, 7) is 2.15. The Morgan fingerprint density at radius 3 is 1.78 bits per heavy atom. The van der Waals surface area contributed by atoms with E-state index >= 15 is 0 Å². The van der Waals surface area contributed by atoms with Crippen LogP contribution in [0.3, 0.4) is 0 Å². The molecular weight excluding hydrogens is 472 g/mol. The summed E-state index contributed by atoms with van der Waals surface area (Å²) < 4.78 is 7.36. The van der Waals surface area contributed by atoms with Crippen LogP contribution in [0.25, 0.3) is 5.57 Å². The van der Waals surface area contributed by atoms with Crippen LogP contribution in [0, 0.1) is 17.8 Å². The molecule has 180 valence electrons. The summed E-state index contributed by atoms with van der Waals surface area (Å²) in [5.74, 6) is 0.136. The average molecular weight is 499 g/mol. The van der Waals surface area contributed by atoms with Gasteiger partial charge in [0.25, 0.3) is 0 Å². The third kappa shape index (κ3) is 3.06. The SMILES string of the molecule is C[C@@H]1C[C@@H]2C(=O)c3ccccc3C(=O)[C@@H]2C2=C1O[Si](c1ccccc1)(c1ccccc1)c1ccccc12. The molecule has 0 amide bonds. The fourth-order valence-electron chi connectivity index (χ4n) is 6.74. The summed E-state index contributed by atoms with van der Waals surface area (Å²) in [6.07, 6.45) is 0.610. The van der Waals surface area contributed by atoms with Gasteiger partial charge in [0.15, 0.2) is 11.6 Å². The number of benzene rings is 4. The third-order valence-electron chi connectivity index (χ3n) is 8.33. The van der Waals surface area contributed by atoms with E-state index in [9.17, 15) is 9.59 Å². The maximum Gasteiger partial charge on any atom is 0.347 e. The predicted molar refractivity (Wildman–Crippen MR) is 148 cm³/mol. The van der Waals surface area contributed by atoms with Gasteiger partial charge in [-0.05, 0) is 27.5 Å². The molecule has 4 aromatic carbocycles. The first-order valence-corrected chi connectivity index (χ1v) is 14.8. The number of hydrogen-bond donors (Lipinski definition) is 0. The second-order valence-corrected chi connectivity index (χ2v) is 13.6. The van der Waals surface area contributed by atoms with Crippen LogP contribution in [-0.2, 0) is 4.43 Å². The van der Waals surface area contributed by atoms with E-state index in [2.05, 4.69) is 73.7 Å². The molecule has 7 rings (SSSR count). The van der Waals surface area contributed by atoms with Crippen LogP contribution in [0.5, 0.6) is 0 Å². The highest BCUT2D eigenvalue weighted by Gasteiger charge is 2.55. The van der Waals surface area contributed by atoms with E-state index in [-0.39, 0.29) is 23.4 Å². The van der Waals surface area contributed by atoms with Crippen LogP contribution in [0.1, 0.15) is 39.6 Å². The maximum atomic E-state index is 14.0. The topological polar surface area (TPSA) is 43.4 Å². The molecule has 3 nitrogen and oxygen atoms in total. The van der Waals surface area contributed by atoms with Crippen molar-refractivity contribution in [3.8, 4) is 0 Å². The molecule has 0 N–H and O–H groups in total. The highest BCUT2D eigenvalue weighted by atomic mass is 28.4. The Balaban J connectivity index is 1.52. The van der Waals surface area contributed by atoms with Gasteiger partial charge < -0.3 is 4.43 Å². The van der Waals surface area contributed by atoms with Crippen LogP contribution in [0.15, 0.2) is 115 Å². The Labute approximate surface area is 217 Å². The van der Waals surface area contributed by atoms with E-state index < -0.39 is 14.2 Å². The van der Waals surface area contributed by atoms with E-state index in [4.69, 9.17) is 4.43 Å². The number of hydrogen-bond acceptors (Lipinski definition) is 3. The van der Waals surface area contributed by atoms with Crippen molar-refractivity contribution < 1.29 is 14.0 Å². The van der Waals surface area contributed by atoms with Crippen molar-refractivity contribution in [1.82, 2.24) is 0 Å². The Hall–Kier alpha value is -4.02. The van der Waals surface area contributed by atoms with Crippen LogP contribution < -0.4 is 15.6 Å². The van der Waals surface area contributed by atoms with Crippen molar-refractivity contribution in [2.45, 2.75) is 13.3 Å². The normalized spacial score (nSPS) is 23.3. The van der Waals surface area contributed by atoms with Gasteiger partial charge in [0.05, 0.1) is 11.7 Å². The van der Waals surface area contributed by atoms with E-state index in [0.717, 1.165) is 22.1 Å². The third-order valence-corrected chi connectivity index (χ3v) is 12.3. The lowest BCUT2D eigenvalue weighted by Crippen LogP contribution is -2.71. The summed E-state index contributed by atoms with van der Waals surface area (Å²) in [7, 11) is -2.93. The van der Waals surface area contributed by atoms with Crippen molar-refractivity contribution >= 4 is 41.0 Å². The molecule has 0 fully saturated rings. The quantitative estimate of drug-likeness (QED) is 0.375. The van der Waals surface area contributed by atoms with Crippen molar-refractivity contribution in [2.75, 3.05) is 0 Å². The minimum absolute atomic E-state index is 0.0194. The molecule has 2 aliphatic carbocycles. The molecule has 4 heteroatoms. The van der Waals surface area contributed by atoms with Gasteiger partial charge in [-0.3, -0.25) is 9.59 Å². The van der Waals surface area contributed by atoms with Crippen molar-refractivity contribution in [1.29, 1.82) is 0 Å². The second-order valence-electron chi connectivity index (χ2n) is 10.3. The molecule has 0 bridgehead atoms. The first kappa shape index (κ1) is 22.2. The van der Waals surface area contributed by atoms with E-state index in [1.165, 1.54) is 10.4 Å². The van der Waals surface area contributed by atoms with Crippen LogP contribution in [0.4, 0.5) is 0 Å². The molecule has 4 aromatic rings. The minimum atomic E-state index is -2.93. The molecule has 0 aromatic heterocycles. The van der Waals surface area contributed by atoms with Gasteiger partial charge in [-0.15, -0.1) is 0 Å². The van der Waals surface area contributed by atoms with Gasteiger partial charge in [0, 0.05) is 28.5 Å². The summed E-state index contributed by atoms with van der Waals surface area (Å²) in [4.78, 5) is 27.7. The minimum Gasteiger partial charge on any atom is -0.533 e. The van der Waals surface area contributed by atoms with Gasteiger partial charge in [-0.25, -0.2) is 0 Å². The van der Waals surface area contributed by atoms with Gasteiger partial charge in [-0.1, -0.05) is 116 Å². The summed E-state index contributed by atoms with van der Waals surface area (Å²) >= 11 is 0. The molecule has 3 atom stereocenters. The molecule has 0 unspecified atom stereocenters. The molecule has 0 saturated heterocycles. The molecule has 0 radical (unpaired) electrons. The Bertz CT molecular complexity index is 1550. The Kier molecular flexibility index (Phi) is 4.95. The molecule has 0 spiro atoms. The number of carbonyl (C=O) groups is 2. The van der Waals surface area contributed by atoms with Gasteiger partial charge in [0.2, 0.25) is 0 Å². The monoisotopic (exact) mass is 498 g/mol. The van der Waals surface area contributed by atoms with Crippen molar-refractivity contribution in [3.05, 3.63) is 132 Å². The predicted octanol–water partition coefficient (Wildman–Crippen LogP) is 4.75. The summed E-state index contributed by atoms with van der Waals surface area (Å²) in [5, 5.41) is 3.48. The van der Waals surface area contributed by atoms with Gasteiger partial charge >= 0.3 is 8.32 Å². The smallest absolute Gasteiger partial charge is 0.347 e. The van der Waals surface area contributed by atoms with Gasteiger partial charge in [-0.2, -0.15) is 0 Å². The molecule has 1 heterocycles. The summed E-state index contributed by atoms with van der Waals surface area (Å²) in [6, 6.07) is 36.7. The highest BCUT2D eigenvalue weighted by Crippen LogP contribution is 2.50. The Morgan fingerprint density at radius 1 is 0.649 bits per heavy atom. The zero-order valence-corrected chi connectivity index (χ0v) is 21.6. The molecule has 0 saturated carbocycles. The van der Waals surface area contributed by atoms with Gasteiger partial charge in [0.1, 0.15) is 0 Å².